The molecule has 1 aromatic rings. The molecule has 2 heteroatoms. The van der Waals surface area contributed by atoms with E-state index in [0.29, 0.717) is 12.5 Å². The lowest BCUT2D eigenvalue weighted by Crippen LogP contribution is -2.12. The zero-order valence-corrected chi connectivity index (χ0v) is 9.22. The fourth-order valence-electron chi connectivity index (χ4n) is 2.88. The number of furan rings is 1. The minimum atomic E-state index is 0.671. The first-order valence-corrected chi connectivity index (χ1v) is 6.23. The van der Waals surface area contributed by atoms with E-state index < -0.39 is 0 Å². The molecule has 15 heavy (non-hydrogen) atoms. The van der Waals surface area contributed by atoms with Crippen molar-refractivity contribution in [3.8, 4) is 0 Å². The fraction of sp³-hybridized carbons (Fsp3) is 0.692. The van der Waals surface area contributed by atoms with Gasteiger partial charge in [-0.05, 0) is 37.7 Å². The predicted octanol–water partition coefficient (Wildman–Crippen LogP) is 2.88. The average molecular weight is 205 g/mol. The van der Waals surface area contributed by atoms with Gasteiger partial charge in [0.15, 0.2) is 0 Å². The van der Waals surface area contributed by atoms with Crippen molar-refractivity contribution in [1.29, 1.82) is 0 Å². The molecule has 0 saturated heterocycles. The molecule has 2 nitrogen and oxygen atoms in total. The molecule has 0 bridgehead atoms. The molecule has 1 saturated carbocycles. The molecule has 0 spiro atoms. The van der Waals surface area contributed by atoms with Gasteiger partial charge in [0, 0.05) is 24.4 Å². The van der Waals surface area contributed by atoms with Crippen molar-refractivity contribution in [2.75, 3.05) is 0 Å². The van der Waals surface area contributed by atoms with E-state index >= 15 is 0 Å². The molecule has 0 aliphatic heterocycles. The Hall–Kier alpha value is -0.760. The van der Waals surface area contributed by atoms with E-state index in [9.17, 15) is 0 Å². The van der Waals surface area contributed by atoms with Gasteiger partial charge in [0.2, 0.25) is 0 Å². The van der Waals surface area contributed by atoms with Crippen LogP contribution in [0, 0.1) is 0 Å². The molecule has 1 fully saturated rings. The van der Waals surface area contributed by atoms with Crippen LogP contribution in [0.1, 0.15) is 60.7 Å². The van der Waals surface area contributed by atoms with E-state index in [1.54, 1.807) is 0 Å². The van der Waals surface area contributed by atoms with Crippen molar-refractivity contribution in [1.82, 2.24) is 0 Å². The first-order valence-electron chi connectivity index (χ1n) is 6.23. The van der Waals surface area contributed by atoms with E-state index in [2.05, 4.69) is 0 Å². The van der Waals surface area contributed by atoms with Crippen LogP contribution in [0.3, 0.4) is 0 Å². The van der Waals surface area contributed by atoms with Gasteiger partial charge in [0.05, 0.1) is 0 Å². The second kappa shape index (κ2) is 3.67. The third-order valence-electron chi connectivity index (χ3n) is 3.99. The van der Waals surface area contributed by atoms with Crippen LogP contribution in [0.4, 0.5) is 0 Å². The maximum Gasteiger partial charge on any atom is 0.112 e. The second-order valence-corrected chi connectivity index (χ2v) is 4.89. The Morgan fingerprint density at radius 3 is 2.60 bits per heavy atom. The summed E-state index contributed by atoms with van der Waals surface area (Å²) in [5.41, 5.74) is 8.70. The molecule has 2 aliphatic rings. The van der Waals surface area contributed by atoms with Gasteiger partial charge in [-0.25, -0.2) is 0 Å². The topological polar surface area (TPSA) is 39.2 Å². The number of nitrogens with two attached hydrogens (primary N) is 1. The average Bonchev–Trinajstić information content (AvgIpc) is 2.53. The largest absolute Gasteiger partial charge is 0.465 e. The van der Waals surface area contributed by atoms with Gasteiger partial charge >= 0.3 is 0 Å². The van der Waals surface area contributed by atoms with Gasteiger partial charge in [0.1, 0.15) is 11.5 Å². The van der Waals surface area contributed by atoms with Crippen molar-refractivity contribution in [3.63, 3.8) is 0 Å². The smallest absolute Gasteiger partial charge is 0.112 e. The molecule has 3 rings (SSSR count). The highest BCUT2D eigenvalue weighted by atomic mass is 16.3. The summed E-state index contributed by atoms with van der Waals surface area (Å²) in [6.07, 6.45) is 8.89. The SMILES string of the molecule is NCc1c(C2CCC2)oc2c1CCCC2. The normalized spacial score (nSPS) is 21.1. The zero-order chi connectivity index (χ0) is 10.3. The quantitative estimate of drug-likeness (QED) is 0.806. The molecular weight excluding hydrogens is 186 g/mol. The summed E-state index contributed by atoms with van der Waals surface area (Å²) in [6.45, 7) is 0.671. The number of hydrogen-bond donors (Lipinski definition) is 1. The molecule has 0 amide bonds. The summed E-state index contributed by atoms with van der Waals surface area (Å²) >= 11 is 0. The van der Waals surface area contributed by atoms with E-state index in [1.165, 1.54) is 61.2 Å². The highest BCUT2D eigenvalue weighted by molar-refractivity contribution is 5.37. The van der Waals surface area contributed by atoms with Crippen molar-refractivity contribution in [3.05, 3.63) is 22.6 Å². The van der Waals surface area contributed by atoms with Crippen LogP contribution >= 0.6 is 0 Å². The lowest BCUT2D eigenvalue weighted by atomic mass is 9.81. The molecule has 0 aromatic carbocycles. The van der Waals surface area contributed by atoms with Crippen LogP contribution in [0.2, 0.25) is 0 Å². The van der Waals surface area contributed by atoms with E-state index in [1.807, 2.05) is 0 Å². The molecule has 1 heterocycles. The summed E-state index contributed by atoms with van der Waals surface area (Å²) in [7, 11) is 0. The first kappa shape index (κ1) is 9.46. The van der Waals surface area contributed by atoms with Gasteiger partial charge in [0.25, 0.3) is 0 Å². The Balaban J connectivity index is 2.01. The molecule has 0 unspecified atom stereocenters. The molecule has 1 aromatic heterocycles. The van der Waals surface area contributed by atoms with Gasteiger partial charge in [-0.1, -0.05) is 6.42 Å². The predicted molar refractivity (Wildman–Crippen MR) is 59.8 cm³/mol. The number of hydrogen-bond acceptors (Lipinski definition) is 2. The maximum absolute atomic E-state index is 6.05. The minimum Gasteiger partial charge on any atom is -0.465 e. The number of aryl methyl sites for hydroxylation is 1. The Morgan fingerprint density at radius 1 is 1.13 bits per heavy atom. The monoisotopic (exact) mass is 205 g/mol. The summed E-state index contributed by atoms with van der Waals surface area (Å²) in [5.74, 6) is 3.19. The maximum atomic E-state index is 6.05. The fourth-order valence-corrected chi connectivity index (χ4v) is 2.88. The van der Waals surface area contributed by atoms with Crippen molar-refractivity contribution < 1.29 is 4.42 Å². The Bertz CT molecular complexity index is 363. The zero-order valence-electron chi connectivity index (χ0n) is 9.22. The minimum absolute atomic E-state index is 0.671. The Morgan fingerprint density at radius 2 is 1.93 bits per heavy atom. The second-order valence-electron chi connectivity index (χ2n) is 4.89. The molecule has 0 radical (unpaired) electrons. The third-order valence-corrected chi connectivity index (χ3v) is 3.99. The van der Waals surface area contributed by atoms with Gasteiger partial charge in [-0.3, -0.25) is 0 Å². The first-order chi connectivity index (χ1) is 7.40. The Labute approximate surface area is 90.8 Å². The summed E-state index contributed by atoms with van der Waals surface area (Å²) in [5, 5.41) is 0. The molecular formula is C13H19NO. The highest BCUT2D eigenvalue weighted by Gasteiger charge is 2.29. The molecule has 82 valence electrons. The summed E-state index contributed by atoms with van der Waals surface area (Å²) < 4.78 is 6.05. The summed E-state index contributed by atoms with van der Waals surface area (Å²) in [4.78, 5) is 0. The lowest BCUT2D eigenvalue weighted by molar-refractivity contribution is 0.330. The summed E-state index contributed by atoms with van der Waals surface area (Å²) in [6, 6.07) is 0. The van der Waals surface area contributed by atoms with Crippen molar-refractivity contribution in [2.24, 2.45) is 5.73 Å². The molecule has 2 N–H and O–H groups in total. The van der Waals surface area contributed by atoms with Crippen molar-refractivity contribution in [2.45, 2.75) is 57.4 Å². The van der Waals surface area contributed by atoms with Crippen LogP contribution in [-0.2, 0) is 19.4 Å². The number of fused-ring (bicyclic) bond motifs is 1. The standard InChI is InChI=1S/C13H19NO/c14-8-11-10-6-1-2-7-12(10)15-13(11)9-4-3-5-9/h9H,1-8,14H2. The molecule has 2 aliphatic carbocycles. The van der Waals surface area contributed by atoms with E-state index in [4.69, 9.17) is 10.2 Å². The van der Waals surface area contributed by atoms with Gasteiger partial charge in [-0.15, -0.1) is 0 Å². The van der Waals surface area contributed by atoms with Crippen LogP contribution in [0.25, 0.3) is 0 Å². The third kappa shape index (κ3) is 1.43. The highest BCUT2D eigenvalue weighted by Crippen LogP contribution is 2.42. The van der Waals surface area contributed by atoms with Gasteiger partial charge in [-0.2, -0.15) is 0 Å². The molecule has 0 atom stereocenters. The number of rotatable bonds is 2. The Kier molecular flexibility index (Phi) is 2.32. The van der Waals surface area contributed by atoms with Crippen molar-refractivity contribution >= 4 is 0 Å². The van der Waals surface area contributed by atoms with Crippen LogP contribution < -0.4 is 5.73 Å². The van der Waals surface area contributed by atoms with E-state index in [0.717, 1.165) is 6.42 Å². The van der Waals surface area contributed by atoms with E-state index in [-0.39, 0.29) is 0 Å². The van der Waals surface area contributed by atoms with Crippen LogP contribution in [-0.4, -0.2) is 0 Å². The van der Waals surface area contributed by atoms with Crippen LogP contribution in [0.5, 0.6) is 0 Å². The van der Waals surface area contributed by atoms with Crippen LogP contribution in [0.15, 0.2) is 4.42 Å². The van der Waals surface area contributed by atoms with Gasteiger partial charge < -0.3 is 10.2 Å². The lowest BCUT2D eigenvalue weighted by Gasteiger charge is -2.24.